The summed E-state index contributed by atoms with van der Waals surface area (Å²) in [6, 6.07) is 7.29. The normalized spacial score (nSPS) is 17.8. The van der Waals surface area contributed by atoms with E-state index in [4.69, 9.17) is 20.8 Å². The van der Waals surface area contributed by atoms with Gasteiger partial charge in [-0.05, 0) is 43.7 Å². The van der Waals surface area contributed by atoms with Crippen LogP contribution in [-0.2, 0) is 16.1 Å². The third-order valence-corrected chi connectivity index (χ3v) is 5.67. The van der Waals surface area contributed by atoms with Gasteiger partial charge in [0, 0.05) is 31.0 Å². The van der Waals surface area contributed by atoms with E-state index in [1.54, 1.807) is 43.7 Å². The maximum Gasteiger partial charge on any atom is 0.295 e. The second-order valence-electron chi connectivity index (χ2n) is 7.44. The van der Waals surface area contributed by atoms with E-state index in [0.29, 0.717) is 42.3 Å². The molecule has 1 fully saturated rings. The molecule has 166 valence electrons. The van der Waals surface area contributed by atoms with E-state index in [0.717, 1.165) is 0 Å². The molecule has 1 aromatic carbocycles. The van der Waals surface area contributed by atoms with Crippen molar-refractivity contribution >= 4 is 29.1 Å². The van der Waals surface area contributed by atoms with Gasteiger partial charge in [0.05, 0.1) is 24.0 Å². The summed E-state index contributed by atoms with van der Waals surface area (Å²) in [6.45, 7) is 2.70. The largest absolute Gasteiger partial charge is 0.507 e. The minimum absolute atomic E-state index is 0.0341. The number of carbonyl (C=O) groups excluding carboxylic acids is 2. The number of hydrogen-bond donors (Lipinski definition) is 1. The van der Waals surface area contributed by atoms with Gasteiger partial charge in [0.1, 0.15) is 29.1 Å². The highest BCUT2D eigenvalue weighted by molar-refractivity contribution is 6.46. The van der Waals surface area contributed by atoms with Crippen LogP contribution in [0.1, 0.15) is 29.5 Å². The highest BCUT2D eigenvalue weighted by Crippen LogP contribution is 2.40. The Morgan fingerprint density at radius 2 is 2.06 bits per heavy atom. The van der Waals surface area contributed by atoms with E-state index in [9.17, 15) is 14.7 Å². The van der Waals surface area contributed by atoms with Gasteiger partial charge in [-0.25, -0.2) is 4.98 Å². The third-order valence-electron chi connectivity index (χ3n) is 5.37. The van der Waals surface area contributed by atoms with Crippen LogP contribution < -0.4 is 4.74 Å². The quantitative estimate of drug-likeness (QED) is 0.329. The first-order valence-corrected chi connectivity index (χ1v) is 10.4. The van der Waals surface area contributed by atoms with Crippen molar-refractivity contribution in [3.05, 3.63) is 76.7 Å². The lowest BCUT2D eigenvalue weighted by atomic mass is 9.99. The second kappa shape index (κ2) is 8.92. The molecule has 0 spiro atoms. The first kappa shape index (κ1) is 21.7. The monoisotopic (exact) mass is 455 g/mol. The van der Waals surface area contributed by atoms with Crippen LogP contribution in [0.15, 0.2) is 59.0 Å². The van der Waals surface area contributed by atoms with Crippen LogP contribution in [0.4, 0.5) is 0 Å². The summed E-state index contributed by atoms with van der Waals surface area (Å²) in [5.74, 6) is -0.292. The molecule has 8 nitrogen and oxygen atoms in total. The molecular weight excluding hydrogens is 434 g/mol. The van der Waals surface area contributed by atoms with E-state index >= 15 is 0 Å². The van der Waals surface area contributed by atoms with Crippen molar-refractivity contribution in [2.45, 2.75) is 25.9 Å². The van der Waals surface area contributed by atoms with Gasteiger partial charge in [0.25, 0.3) is 11.7 Å². The van der Waals surface area contributed by atoms with Crippen molar-refractivity contribution in [1.29, 1.82) is 0 Å². The molecule has 1 aliphatic rings. The SMILES string of the molecule is COc1ccc(/C(O)=C2\C(=O)C(=O)N(CCCn3ccnc3)[C@@H]2c2ccc(C)o2)cc1Cl. The minimum Gasteiger partial charge on any atom is -0.507 e. The van der Waals surface area contributed by atoms with Gasteiger partial charge >= 0.3 is 0 Å². The first-order chi connectivity index (χ1) is 15.4. The molecule has 0 radical (unpaired) electrons. The summed E-state index contributed by atoms with van der Waals surface area (Å²) in [5.41, 5.74) is 0.272. The van der Waals surface area contributed by atoms with Crippen LogP contribution >= 0.6 is 11.6 Å². The molecule has 1 amide bonds. The molecule has 0 aliphatic carbocycles. The van der Waals surface area contributed by atoms with E-state index in [2.05, 4.69) is 4.98 Å². The van der Waals surface area contributed by atoms with Gasteiger partial charge in [0.15, 0.2) is 0 Å². The van der Waals surface area contributed by atoms with Crippen molar-refractivity contribution in [2.75, 3.05) is 13.7 Å². The maximum absolute atomic E-state index is 13.0. The fourth-order valence-corrected chi connectivity index (χ4v) is 4.08. The number of ether oxygens (including phenoxy) is 1. The summed E-state index contributed by atoms with van der Waals surface area (Å²) >= 11 is 6.20. The number of aryl methyl sites for hydroxylation is 2. The van der Waals surface area contributed by atoms with Crippen LogP contribution in [0, 0.1) is 6.92 Å². The Kier molecular flexibility index (Phi) is 6.05. The smallest absolute Gasteiger partial charge is 0.295 e. The highest BCUT2D eigenvalue weighted by atomic mass is 35.5. The van der Waals surface area contributed by atoms with E-state index in [1.807, 2.05) is 10.8 Å². The molecule has 4 rings (SSSR count). The second-order valence-corrected chi connectivity index (χ2v) is 7.85. The lowest BCUT2D eigenvalue weighted by Gasteiger charge is -2.23. The van der Waals surface area contributed by atoms with Crippen molar-refractivity contribution in [3.8, 4) is 5.75 Å². The average Bonchev–Trinajstić information content (AvgIpc) is 3.50. The molecule has 1 atom stereocenters. The molecular formula is C23H22ClN3O5. The Morgan fingerprint density at radius 1 is 1.25 bits per heavy atom. The highest BCUT2D eigenvalue weighted by Gasteiger charge is 2.47. The Hall–Kier alpha value is -3.52. The number of aliphatic hydroxyl groups is 1. The molecule has 0 unspecified atom stereocenters. The number of rotatable bonds is 7. The molecule has 1 saturated heterocycles. The molecule has 3 heterocycles. The first-order valence-electron chi connectivity index (χ1n) is 10.0. The van der Waals surface area contributed by atoms with Crippen LogP contribution in [0.3, 0.4) is 0 Å². The summed E-state index contributed by atoms with van der Waals surface area (Å²) in [5, 5.41) is 11.3. The molecule has 2 aromatic heterocycles. The van der Waals surface area contributed by atoms with Crippen molar-refractivity contribution < 1.29 is 23.8 Å². The van der Waals surface area contributed by atoms with Gasteiger partial charge in [0.2, 0.25) is 0 Å². The zero-order valence-corrected chi connectivity index (χ0v) is 18.4. The summed E-state index contributed by atoms with van der Waals surface area (Å²) < 4.78 is 12.8. The molecule has 32 heavy (non-hydrogen) atoms. The van der Waals surface area contributed by atoms with Crippen LogP contribution in [0.5, 0.6) is 5.75 Å². The standard InChI is InChI=1S/C23H22ClN3O5/c1-14-4-6-18(32-14)20-19(21(28)15-5-7-17(31-2)16(24)12-15)22(29)23(30)27(20)10-3-9-26-11-8-25-13-26/h4-8,11-13,20,28H,3,9-10H2,1-2H3/b21-19+/t20-/m1/s1. The Morgan fingerprint density at radius 3 is 2.69 bits per heavy atom. The maximum atomic E-state index is 13.0. The molecule has 1 aliphatic heterocycles. The number of benzene rings is 1. The van der Waals surface area contributed by atoms with Gasteiger partial charge in [-0.3, -0.25) is 9.59 Å². The number of amides is 1. The number of imidazole rings is 1. The summed E-state index contributed by atoms with van der Waals surface area (Å²) in [6.07, 6.45) is 5.79. The topological polar surface area (TPSA) is 97.8 Å². The van der Waals surface area contributed by atoms with Gasteiger partial charge in [-0.1, -0.05) is 11.6 Å². The van der Waals surface area contributed by atoms with Gasteiger partial charge in [-0.15, -0.1) is 0 Å². The number of likely N-dealkylation sites (tertiary alicyclic amines) is 1. The molecule has 0 saturated carbocycles. The zero-order valence-electron chi connectivity index (χ0n) is 17.6. The van der Waals surface area contributed by atoms with E-state index in [-0.39, 0.29) is 16.4 Å². The summed E-state index contributed by atoms with van der Waals surface area (Å²) in [4.78, 5) is 31.4. The number of aromatic nitrogens is 2. The van der Waals surface area contributed by atoms with Gasteiger partial charge < -0.3 is 23.7 Å². The van der Waals surface area contributed by atoms with Gasteiger partial charge in [-0.2, -0.15) is 0 Å². The number of carbonyl (C=O) groups is 2. The summed E-state index contributed by atoms with van der Waals surface area (Å²) in [7, 11) is 1.48. The Labute approximate surface area is 189 Å². The number of Topliss-reactive ketones (excluding diaryl/α,β-unsaturated/α-hetero) is 1. The lowest BCUT2D eigenvalue weighted by Crippen LogP contribution is -2.31. The molecule has 1 N–H and O–H groups in total. The lowest BCUT2D eigenvalue weighted by molar-refractivity contribution is -0.140. The number of aliphatic hydroxyl groups excluding tert-OH is 1. The third kappa shape index (κ3) is 4.01. The Balaban J connectivity index is 1.72. The van der Waals surface area contributed by atoms with Crippen LogP contribution in [0.2, 0.25) is 5.02 Å². The Bertz CT molecular complexity index is 1180. The van der Waals surface area contributed by atoms with Crippen LogP contribution in [-0.4, -0.2) is 44.9 Å². The van der Waals surface area contributed by atoms with E-state index < -0.39 is 17.7 Å². The number of ketones is 1. The zero-order chi connectivity index (χ0) is 22.8. The predicted molar refractivity (Wildman–Crippen MR) is 117 cm³/mol. The van der Waals surface area contributed by atoms with Crippen molar-refractivity contribution in [2.24, 2.45) is 0 Å². The van der Waals surface area contributed by atoms with E-state index in [1.165, 1.54) is 18.1 Å². The molecule has 9 heteroatoms. The fraction of sp³-hybridized carbons (Fsp3) is 0.261. The number of furan rings is 1. The average molecular weight is 456 g/mol. The number of halogens is 1. The number of hydrogen-bond acceptors (Lipinski definition) is 6. The fourth-order valence-electron chi connectivity index (χ4n) is 3.82. The van der Waals surface area contributed by atoms with Crippen molar-refractivity contribution in [3.63, 3.8) is 0 Å². The molecule has 3 aromatic rings. The number of methoxy groups -OCH3 is 1. The van der Waals surface area contributed by atoms with Crippen molar-refractivity contribution in [1.82, 2.24) is 14.5 Å². The van der Waals surface area contributed by atoms with Crippen LogP contribution in [0.25, 0.3) is 5.76 Å². The number of nitrogens with zero attached hydrogens (tertiary/aromatic N) is 3. The molecule has 0 bridgehead atoms. The minimum atomic E-state index is -0.840. The predicted octanol–water partition coefficient (Wildman–Crippen LogP) is 3.96.